The number of nitrogens with zero attached hydrogens (tertiary/aromatic N) is 8. The fourth-order valence-corrected chi connectivity index (χ4v) is 5.29. The van der Waals surface area contributed by atoms with Crippen molar-refractivity contribution in [2.45, 2.75) is 130 Å². The average molecular weight is 943 g/mol. The van der Waals surface area contributed by atoms with Crippen LogP contribution in [-0.4, -0.2) is 39.9 Å². The third kappa shape index (κ3) is 32.3. The Hall–Kier alpha value is -6.54. The molecule has 0 saturated carbocycles. The van der Waals surface area contributed by atoms with Gasteiger partial charge in [0.1, 0.15) is 12.7 Å². The van der Waals surface area contributed by atoms with Crippen molar-refractivity contribution in [2.75, 3.05) is 0 Å². The van der Waals surface area contributed by atoms with Gasteiger partial charge >= 0.3 is 0 Å². The number of aryl methyl sites for hydroxylation is 2. The molecular formula is C62H86N8. The summed E-state index contributed by atoms with van der Waals surface area (Å²) in [5, 5.41) is 3.49. The maximum atomic E-state index is 4.21. The molecule has 0 atom stereocenters. The van der Waals surface area contributed by atoms with Crippen molar-refractivity contribution in [1.82, 2.24) is 39.9 Å². The van der Waals surface area contributed by atoms with E-state index in [0.29, 0.717) is 0 Å². The monoisotopic (exact) mass is 943 g/mol. The molecule has 6 aromatic heterocycles. The number of fused-ring (bicyclic) bond motifs is 5. The van der Waals surface area contributed by atoms with E-state index in [1.165, 1.54) is 41.3 Å². The summed E-state index contributed by atoms with van der Waals surface area (Å²) in [5.74, 6) is 4.17. The fourth-order valence-electron chi connectivity index (χ4n) is 5.29. The van der Waals surface area contributed by atoms with E-state index in [1.807, 2.05) is 122 Å². The lowest BCUT2D eigenvalue weighted by Crippen LogP contribution is -2.04. The predicted molar refractivity (Wildman–Crippen MR) is 304 cm³/mol. The SMILES string of the molecule is CC(C)C.CC(C)C.CC(C)C.CC(C)C.CC(C)C.c1ccc2ncccc2c1.c1ccc2ncccc2c1.c1ccc2ncncc2c1.c1cnc2cccnc2c1.c1ncc2c(n1)CCCC2. The summed E-state index contributed by atoms with van der Waals surface area (Å²) >= 11 is 0. The quantitative estimate of drug-likeness (QED) is 0.148. The zero-order valence-corrected chi connectivity index (χ0v) is 45.5. The molecule has 0 N–H and O–H groups in total. The number of benzene rings is 3. The van der Waals surface area contributed by atoms with E-state index in [2.05, 4.69) is 168 Å². The standard InChI is InChI=1S/2C9H7N.C8H6N2.C8H10N2.C8H6N2.5C4H10/c2*1-2-6-9-8(4-1)5-3-7-10-9;1-3-7-8(9-5-1)4-2-6-10-7;2*1-2-4-8-7(3-1)5-9-6-10-8;5*1-4(2)3/h2*1-7H;1-6H;5-6H,1-4H2;1-6H;5*4H,1-3H3. The molecule has 0 radical (unpaired) electrons. The van der Waals surface area contributed by atoms with Gasteiger partial charge in [-0.15, -0.1) is 0 Å². The molecule has 9 aromatic rings. The molecule has 1 aliphatic carbocycles. The van der Waals surface area contributed by atoms with Gasteiger partial charge in [-0.05, 0) is 115 Å². The number of pyridine rings is 4. The van der Waals surface area contributed by atoms with Crippen LogP contribution in [0.25, 0.3) is 43.7 Å². The molecule has 0 spiro atoms. The zero-order chi connectivity index (χ0) is 51.9. The van der Waals surface area contributed by atoms with Gasteiger partial charge in [0, 0.05) is 59.0 Å². The zero-order valence-electron chi connectivity index (χ0n) is 45.5. The van der Waals surface area contributed by atoms with Gasteiger partial charge in [-0.25, -0.2) is 19.9 Å². The highest BCUT2D eigenvalue weighted by Gasteiger charge is 2.08. The molecule has 0 amide bonds. The minimum absolute atomic E-state index is 0.833. The second-order valence-corrected chi connectivity index (χ2v) is 19.9. The number of rotatable bonds is 0. The number of para-hydroxylation sites is 3. The first-order valence-electron chi connectivity index (χ1n) is 25.2. The van der Waals surface area contributed by atoms with E-state index >= 15 is 0 Å². The lowest BCUT2D eigenvalue weighted by molar-refractivity contribution is 0.662. The van der Waals surface area contributed by atoms with Crippen LogP contribution in [0.4, 0.5) is 0 Å². The Morgan fingerprint density at radius 1 is 0.300 bits per heavy atom. The van der Waals surface area contributed by atoms with E-state index in [4.69, 9.17) is 0 Å². The summed E-state index contributed by atoms with van der Waals surface area (Å²) in [5.41, 5.74) is 7.64. The van der Waals surface area contributed by atoms with Crippen LogP contribution in [-0.2, 0) is 12.8 Å². The molecule has 374 valence electrons. The van der Waals surface area contributed by atoms with Crippen LogP contribution in [0.15, 0.2) is 171 Å². The molecule has 70 heavy (non-hydrogen) atoms. The first-order valence-corrected chi connectivity index (χ1v) is 25.2. The van der Waals surface area contributed by atoms with E-state index in [9.17, 15) is 0 Å². The smallest absolute Gasteiger partial charge is 0.116 e. The van der Waals surface area contributed by atoms with Crippen LogP contribution in [0.1, 0.15) is 128 Å². The van der Waals surface area contributed by atoms with Crippen molar-refractivity contribution in [3.05, 3.63) is 182 Å². The van der Waals surface area contributed by atoms with Crippen molar-refractivity contribution < 1.29 is 0 Å². The lowest BCUT2D eigenvalue weighted by atomic mass is 9.98. The topological polar surface area (TPSA) is 103 Å². The highest BCUT2D eigenvalue weighted by atomic mass is 14.8. The van der Waals surface area contributed by atoms with Gasteiger partial charge in [0.15, 0.2) is 0 Å². The molecular weight excluding hydrogens is 857 g/mol. The summed E-state index contributed by atoms with van der Waals surface area (Å²) in [7, 11) is 0. The normalized spacial score (nSPS) is 10.6. The highest BCUT2D eigenvalue weighted by molar-refractivity contribution is 5.79. The van der Waals surface area contributed by atoms with Crippen LogP contribution < -0.4 is 0 Å². The molecule has 3 aromatic carbocycles. The summed E-state index contributed by atoms with van der Waals surface area (Å²) in [6.45, 7) is 32.5. The van der Waals surface area contributed by atoms with Gasteiger partial charge in [-0.2, -0.15) is 0 Å². The fraction of sp³-hybridized carbons (Fsp3) is 0.387. The minimum atomic E-state index is 0.833. The molecule has 0 bridgehead atoms. The van der Waals surface area contributed by atoms with Crippen molar-refractivity contribution in [2.24, 2.45) is 29.6 Å². The van der Waals surface area contributed by atoms with Gasteiger partial charge in [-0.1, -0.05) is 171 Å². The lowest BCUT2D eigenvalue weighted by Gasteiger charge is -2.11. The second kappa shape index (κ2) is 38.3. The average Bonchev–Trinajstić information content (AvgIpc) is 3.34. The molecule has 0 aliphatic heterocycles. The Morgan fingerprint density at radius 3 is 1.00 bits per heavy atom. The number of aromatic nitrogens is 8. The van der Waals surface area contributed by atoms with Crippen LogP contribution in [0.3, 0.4) is 0 Å². The molecule has 8 nitrogen and oxygen atoms in total. The Kier molecular flexibility index (Phi) is 33.7. The van der Waals surface area contributed by atoms with E-state index < -0.39 is 0 Å². The summed E-state index contributed by atoms with van der Waals surface area (Å²) in [4.78, 5) is 32.8. The highest BCUT2D eigenvalue weighted by Crippen LogP contribution is 2.17. The molecule has 0 saturated heterocycles. The summed E-state index contributed by atoms with van der Waals surface area (Å²) < 4.78 is 0. The Bertz CT molecular complexity index is 2020. The minimum Gasteiger partial charge on any atom is -0.256 e. The molecule has 8 heteroatoms. The molecule has 1 aliphatic rings. The Balaban J connectivity index is 0.000000400. The van der Waals surface area contributed by atoms with Gasteiger partial charge in [0.05, 0.1) is 27.6 Å². The van der Waals surface area contributed by atoms with E-state index in [-0.39, 0.29) is 0 Å². The molecule has 10 rings (SSSR count). The third-order valence-corrected chi connectivity index (χ3v) is 7.80. The predicted octanol–water partition coefficient (Wildman–Crippen LogP) is 17.4. The van der Waals surface area contributed by atoms with E-state index in [0.717, 1.165) is 69.0 Å². The van der Waals surface area contributed by atoms with Crippen molar-refractivity contribution in [3.63, 3.8) is 0 Å². The number of hydrogen-bond donors (Lipinski definition) is 0. The largest absolute Gasteiger partial charge is 0.256 e. The first kappa shape index (κ1) is 61.5. The van der Waals surface area contributed by atoms with Gasteiger partial charge in [-0.3, -0.25) is 19.9 Å². The van der Waals surface area contributed by atoms with Crippen LogP contribution >= 0.6 is 0 Å². The van der Waals surface area contributed by atoms with Gasteiger partial charge in [0.2, 0.25) is 0 Å². The van der Waals surface area contributed by atoms with Crippen molar-refractivity contribution >= 4 is 43.7 Å². The first-order chi connectivity index (χ1) is 33.5. The number of hydrogen-bond acceptors (Lipinski definition) is 8. The molecule has 6 heterocycles. The summed E-state index contributed by atoms with van der Waals surface area (Å²) in [6, 6.07) is 39.7. The third-order valence-electron chi connectivity index (χ3n) is 7.80. The van der Waals surface area contributed by atoms with E-state index in [1.54, 1.807) is 25.0 Å². The van der Waals surface area contributed by atoms with Crippen LogP contribution in [0, 0.1) is 29.6 Å². The summed E-state index contributed by atoms with van der Waals surface area (Å²) in [6.07, 6.45) is 19.0. The Labute approximate surface area is 423 Å². The van der Waals surface area contributed by atoms with Crippen molar-refractivity contribution in [3.8, 4) is 0 Å². The maximum absolute atomic E-state index is 4.21. The molecule has 0 fully saturated rings. The second-order valence-electron chi connectivity index (χ2n) is 19.9. The Morgan fingerprint density at radius 2 is 0.600 bits per heavy atom. The van der Waals surface area contributed by atoms with Crippen LogP contribution in [0.5, 0.6) is 0 Å². The van der Waals surface area contributed by atoms with Gasteiger partial charge in [0.25, 0.3) is 0 Å². The molecule has 0 unspecified atom stereocenters. The van der Waals surface area contributed by atoms with Gasteiger partial charge < -0.3 is 0 Å². The van der Waals surface area contributed by atoms with Crippen molar-refractivity contribution in [1.29, 1.82) is 0 Å². The van der Waals surface area contributed by atoms with Crippen LogP contribution in [0.2, 0.25) is 0 Å². The maximum Gasteiger partial charge on any atom is 0.116 e.